The molecule has 0 aliphatic rings. The molecule has 10 aromatic rings. The van der Waals surface area contributed by atoms with E-state index in [1.165, 1.54) is 77.2 Å². The number of pyridine rings is 2. The van der Waals surface area contributed by atoms with Crippen LogP contribution in [0.1, 0.15) is 11.1 Å². The second-order valence-corrected chi connectivity index (χ2v) is 14.9. The normalized spacial score (nSPS) is 10.8. The standard InChI is InChI=1S/C28H22.C24H16N2.CH5BP/c1-19-15-25(21-9-5-3-6-10-21)23-13-14-24-26(22-11-7-4-8-12-22)16-20(2)18-28(24)27(23)17-19;1-3-7-17(8-4-1)19-13-15-25-23-21(19)11-12-22-20(14-16-26-24(22)23)18-9-5-2-6-10-18;1-2-3/h3-18H,1-2H3;1-16H;3H2,1H3. The van der Waals surface area contributed by atoms with Crippen LogP contribution in [0, 0.1) is 13.8 Å². The quantitative estimate of drug-likeness (QED) is 0.102. The van der Waals surface area contributed by atoms with E-state index in [2.05, 4.69) is 203 Å². The van der Waals surface area contributed by atoms with Gasteiger partial charge in [-0.3, -0.25) is 9.97 Å². The van der Waals surface area contributed by atoms with E-state index in [1.54, 1.807) is 0 Å². The van der Waals surface area contributed by atoms with Gasteiger partial charge in [0.25, 0.3) is 0 Å². The molecule has 4 heteroatoms. The highest BCUT2D eigenvalue weighted by Crippen LogP contribution is 2.39. The Bertz CT molecular complexity index is 2750. The molecule has 0 aliphatic carbocycles. The van der Waals surface area contributed by atoms with Crippen molar-refractivity contribution in [3.05, 3.63) is 206 Å². The van der Waals surface area contributed by atoms with E-state index in [-0.39, 0.29) is 0 Å². The topological polar surface area (TPSA) is 25.8 Å². The third kappa shape index (κ3) is 7.85. The second kappa shape index (κ2) is 17.2. The van der Waals surface area contributed by atoms with Gasteiger partial charge in [0, 0.05) is 23.2 Å². The molecular weight excluding hydrogens is 706 g/mol. The van der Waals surface area contributed by atoms with Crippen molar-refractivity contribution >= 4 is 59.5 Å². The Kier molecular flexibility index (Phi) is 11.3. The molecule has 0 saturated heterocycles. The first-order valence-corrected chi connectivity index (χ1v) is 20.1. The summed E-state index contributed by atoms with van der Waals surface area (Å²) >= 11 is 0. The number of aryl methyl sites for hydroxylation is 2. The molecule has 0 aliphatic heterocycles. The molecule has 2 heterocycles. The van der Waals surface area contributed by atoms with E-state index in [1.807, 2.05) is 38.3 Å². The smallest absolute Gasteiger partial charge is 0.134 e. The van der Waals surface area contributed by atoms with Gasteiger partial charge in [0.15, 0.2) is 0 Å². The van der Waals surface area contributed by atoms with Crippen molar-refractivity contribution in [2.75, 3.05) is 0 Å². The van der Waals surface area contributed by atoms with Gasteiger partial charge < -0.3 is 0 Å². The number of aromatic nitrogens is 2. The molecule has 0 fully saturated rings. The van der Waals surface area contributed by atoms with Crippen molar-refractivity contribution in [2.45, 2.75) is 20.7 Å². The van der Waals surface area contributed by atoms with Crippen LogP contribution in [0.2, 0.25) is 6.82 Å². The minimum absolute atomic E-state index is 0.946. The fourth-order valence-corrected chi connectivity index (χ4v) is 7.85. The van der Waals surface area contributed by atoms with Gasteiger partial charge in [-0.25, -0.2) is 0 Å². The average Bonchev–Trinajstić information content (AvgIpc) is 3.27. The fraction of sp³-hybridized carbons (Fsp3) is 0.0566. The summed E-state index contributed by atoms with van der Waals surface area (Å²) < 4.78 is 0. The zero-order chi connectivity index (χ0) is 39.1. The SMILES string of the molecule is C[B]P.Cc1cc(-c2ccccc2)c2ccc3c(-c4ccccc4)cc(C)cc3c2c1.c1ccc(-c2ccnc3c2ccc2c(-c4ccccc4)ccnc23)cc1. The highest BCUT2D eigenvalue weighted by Gasteiger charge is 2.13. The first-order chi connectivity index (χ1) is 28.0. The van der Waals surface area contributed by atoms with Crippen LogP contribution in [-0.4, -0.2) is 17.0 Å². The lowest BCUT2D eigenvalue weighted by Gasteiger charge is -2.15. The number of hydrogen-bond acceptors (Lipinski definition) is 2. The Morgan fingerprint density at radius 3 is 0.982 bits per heavy atom. The Hall–Kier alpha value is -6.41. The average molecular weight is 750 g/mol. The predicted octanol–water partition coefficient (Wildman–Crippen LogP) is 14.6. The summed E-state index contributed by atoms with van der Waals surface area (Å²) in [7, 11) is 2.45. The molecule has 0 spiro atoms. The summed E-state index contributed by atoms with van der Waals surface area (Å²) in [6.45, 7) is 8.27. The highest BCUT2D eigenvalue weighted by molar-refractivity contribution is 7.55. The lowest BCUT2D eigenvalue weighted by atomic mass is 9.89. The summed E-state index contributed by atoms with van der Waals surface area (Å²) in [5.74, 6) is 0. The molecule has 0 bridgehead atoms. The van der Waals surface area contributed by atoms with Crippen molar-refractivity contribution in [3.8, 4) is 44.5 Å². The molecule has 273 valence electrons. The summed E-state index contributed by atoms with van der Waals surface area (Å²) in [5.41, 5.74) is 14.4. The summed E-state index contributed by atoms with van der Waals surface area (Å²) in [6.07, 6.45) is 3.75. The molecule has 10 rings (SSSR count). The van der Waals surface area contributed by atoms with Crippen LogP contribution >= 0.6 is 9.12 Å². The van der Waals surface area contributed by atoms with Crippen LogP contribution in [0.3, 0.4) is 0 Å². The van der Waals surface area contributed by atoms with Crippen LogP contribution in [0.15, 0.2) is 194 Å². The van der Waals surface area contributed by atoms with Gasteiger partial charge in [0.05, 0.1) is 11.0 Å². The maximum absolute atomic E-state index is 4.67. The number of nitrogens with zero attached hydrogens (tertiary/aromatic N) is 2. The van der Waals surface area contributed by atoms with Crippen molar-refractivity contribution < 1.29 is 0 Å². The molecule has 1 radical (unpaired) electrons. The van der Waals surface area contributed by atoms with Gasteiger partial charge in [0.2, 0.25) is 0 Å². The van der Waals surface area contributed by atoms with Crippen LogP contribution in [0.4, 0.5) is 0 Å². The zero-order valence-corrected chi connectivity index (χ0v) is 33.7. The van der Waals surface area contributed by atoms with Crippen molar-refractivity contribution in [1.29, 1.82) is 0 Å². The molecule has 2 nitrogen and oxygen atoms in total. The van der Waals surface area contributed by atoms with Crippen LogP contribution in [0.25, 0.3) is 87.9 Å². The van der Waals surface area contributed by atoms with E-state index in [0.29, 0.717) is 0 Å². The van der Waals surface area contributed by atoms with E-state index < -0.39 is 0 Å². The Labute approximate surface area is 338 Å². The maximum atomic E-state index is 4.67. The van der Waals surface area contributed by atoms with Crippen molar-refractivity contribution in [2.24, 2.45) is 0 Å². The van der Waals surface area contributed by atoms with Gasteiger partial charge in [0.1, 0.15) is 7.00 Å². The van der Waals surface area contributed by atoms with E-state index in [0.717, 1.165) is 21.8 Å². The third-order valence-electron chi connectivity index (χ3n) is 10.3. The second-order valence-electron chi connectivity index (χ2n) is 14.3. The number of benzene rings is 8. The first-order valence-electron chi connectivity index (χ1n) is 19.4. The highest BCUT2D eigenvalue weighted by atomic mass is 31.0. The minimum Gasteiger partial charge on any atom is -0.254 e. The lowest BCUT2D eigenvalue weighted by molar-refractivity contribution is 1.37. The molecule has 2 aromatic heterocycles. The predicted molar refractivity (Wildman–Crippen MR) is 251 cm³/mol. The van der Waals surface area contributed by atoms with Gasteiger partial charge in [-0.2, -0.15) is 9.12 Å². The van der Waals surface area contributed by atoms with E-state index in [4.69, 9.17) is 0 Å². The molecular formula is C53H43BN2P. The Morgan fingerprint density at radius 1 is 0.351 bits per heavy atom. The summed E-state index contributed by atoms with van der Waals surface area (Å²) in [6, 6.07) is 64.6. The molecule has 1 atom stereocenters. The molecule has 0 saturated carbocycles. The molecule has 1 unspecified atom stereocenters. The van der Waals surface area contributed by atoms with Gasteiger partial charge >= 0.3 is 0 Å². The summed E-state index contributed by atoms with van der Waals surface area (Å²) in [5, 5.41) is 7.55. The minimum atomic E-state index is 0.946. The van der Waals surface area contributed by atoms with E-state index in [9.17, 15) is 0 Å². The maximum Gasteiger partial charge on any atom is 0.134 e. The van der Waals surface area contributed by atoms with Crippen molar-refractivity contribution in [3.63, 3.8) is 0 Å². The molecule has 57 heavy (non-hydrogen) atoms. The monoisotopic (exact) mass is 749 g/mol. The lowest BCUT2D eigenvalue weighted by Crippen LogP contribution is -1.90. The van der Waals surface area contributed by atoms with Gasteiger partial charge in [-0.15, -0.1) is 0 Å². The Morgan fingerprint density at radius 2 is 0.649 bits per heavy atom. The van der Waals surface area contributed by atoms with Crippen LogP contribution in [-0.2, 0) is 0 Å². The summed E-state index contributed by atoms with van der Waals surface area (Å²) in [4.78, 5) is 9.34. The fourth-order valence-electron chi connectivity index (χ4n) is 7.85. The van der Waals surface area contributed by atoms with Crippen molar-refractivity contribution in [1.82, 2.24) is 9.97 Å². The first kappa shape index (κ1) is 37.5. The molecule has 0 amide bonds. The Balaban J connectivity index is 0.000000150. The van der Waals surface area contributed by atoms with Gasteiger partial charge in [-0.1, -0.05) is 177 Å². The van der Waals surface area contributed by atoms with Crippen LogP contribution in [0.5, 0.6) is 0 Å². The third-order valence-corrected chi connectivity index (χ3v) is 10.3. The number of fused-ring (bicyclic) bond motifs is 6. The zero-order valence-electron chi connectivity index (χ0n) is 32.5. The molecule has 8 aromatic carbocycles. The van der Waals surface area contributed by atoms with Crippen LogP contribution < -0.4 is 0 Å². The number of hydrogen-bond donors (Lipinski definition) is 0. The molecule has 0 N–H and O–H groups in total. The van der Waals surface area contributed by atoms with E-state index >= 15 is 0 Å². The number of rotatable bonds is 4. The van der Waals surface area contributed by atoms with Gasteiger partial charge in [-0.05, 0) is 103 Å². The largest absolute Gasteiger partial charge is 0.254 e.